The second kappa shape index (κ2) is 7.19. The van der Waals surface area contributed by atoms with Crippen molar-refractivity contribution in [1.29, 1.82) is 0 Å². The minimum atomic E-state index is -3.77. The van der Waals surface area contributed by atoms with Crippen molar-refractivity contribution in [1.82, 2.24) is 4.90 Å². The first kappa shape index (κ1) is 19.2. The summed E-state index contributed by atoms with van der Waals surface area (Å²) in [5, 5.41) is 6.05. The molecule has 1 heterocycles. The number of nitrogens with two attached hydrogens (primary N) is 1. The molecule has 1 atom stereocenters. The van der Waals surface area contributed by atoms with Gasteiger partial charge in [0.2, 0.25) is 15.9 Å². The molecule has 2 N–H and O–H groups in total. The molecule has 0 fully saturated rings. The number of primary sulfonamides is 1. The molecular weight excluding hydrogens is 395 g/mol. The third-order valence-electron chi connectivity index (χ3n) is 4.64. The molecule has 3 rings (SSSR count). The summed E-state index contributed by atoms with van der Waals surface area (Å²) in [5.74, 6) is -0.428. The number of halogens is 2. The van der Waals surface area contributed by atoms with Crippen LogP contribution in [0.15, 0.2) is 41.3 Å². The molecule has 1 amide bonds. The first-order valence-electron chi connectivity index (χ1n) is 8.05. The topological polar surface area (TPSA) is 80.5 Å². The summed E-state index contributed by atoms with van der Waals surface area (Å²) >= 11 is 12.0. The van der Waals surface area contributed by atoms with Gasteiger partial charge in [0.25, 0.3) is 0 Å². The second-order valence-electron chi connectivity index (χ2n) is 6.38. The van der Waals surface area contributed by atoms with Gasteiger partial charge in [-0.2, -0.15) is 0 Å². The SMILES string of the molecule is CC(C(=O)N1CCc2ccc(S(N)(=O)=O)cc2C1)c1ccc(Cl)c(Cl)c1. The number of fused-ring (bicyclic) bond motifs is 1. The summed E-state index contributed by atoms with van der Waals surface area (Å²) in [7, 11) is -3.77. The lowest BCUT2D eigenvalue weighted by molar-refractivity contribution is -0.133. The maximum atomic E-state index is 12.9. The lowest BCUT2D eigenvalue weighted by Gasteiger charge is -2.31. The lowest BCUT2D eigenvalue weighted by atomic mass is 9.96. The minimum absolute atomic E-state index is 0.0463. The van der Waals surface area contributed by atoms with Crippen LogP contribution in [0.1, 0.15) is 29.5 Å². The summed E-state index contributed by atoms with van der Waals surface area (Å²) in [6.45, 7) is 2.74. The molecule has 1 aliphatic heterocycles. The average molecular weight is 413 g/mol. The maximum absolute atomic E-state index is 12.9. The van der Waals surface area contributed by atoms with Gasteiger partial charge in [-0.25, -0.2) is 13.6 Å². The van der Waals surface area contributed by atoms with Crippen molar-refractivity contribution in [3.63, 3.8) is 0 Å². The van der Waals surface area contributed by atoms with E-state index in [2.05, 4.69) is 0 Å². The van der Waals surface area contributed by atoms with Gasteiger partial charge in [-0.15, -0.1) is 0 Å². The van der Waals surface area contributed by atoms with E-state index in [0.29, 0.717) is 29.6 Å². The molecular formula is C18H18Cl2N2O3S. The fourth-order valence-corrected chi connectivity index (χ4v) is 3.97. The molecule has 0 aromatic heterocycles. The Labute approximate surface area is 162 Å². The van der Waals surface area contributed by atoms with Gasteiger partial charge in [0.15, 0.2) is 0 Å². The van der Waals surface area contributed by atoms with Gasteiger partial charge in [-0.1, -0.05) is 35.3 Å². The standard InChI is InChI=1S/C18H18Cl2N2O3S/c1-11(13-3-5-16(19)17(20)9-13)18(23)22-7-6-12-2-4-15(26(21,24)25)8-14(12)10-22/h2-5,8-9,11H,6-7,10H2,1H3,(H2,21,24,25). The van der Waals surface area contributed by atoms with E-state index in [9.17, 15) is 13.2 Å². The first-order valence-corrected chi connectivity index (χ1v) is 10.4. The Morgan fingerprint density at radius 3 is 2.50 bits per heavy atom. The van der Waals surface area contributed by atoms with Gasteiger partial charge < -0.3 is 4.90 Å². The number of hydrogen-bond donors (Lipinski definition) is 1. The largest absolute Gasteiger partial charge is 0.338 e. The molecule has 0 radical (unpaired) electrons. The van der Waals surface area contributed by atoms with E-state index in [1.54, 1.807) is 35.2 Å². The highest BCUT2D eigenvalue weighted by Crippen LogP contribution is 2.29. The predicted octanol–water partition coefficient (Wildman–Crippen LogP) is 3.33. The third kappa shape index (κ3) is 3.88. The van der Waals surface area contributed by atoms with Crippen LogP contribution >= 0.6 is 23.2 Å². The summed E-state index contributed by atoms with van der Waals surface area (Å²) in [6.07, 6.45) is 0.667. The molecule has 2 aromatic carbocycles. The molecule has 1 unspecified atom stereocenters. The van der Waals surface area contributed by atoms with Crippen LogP contribution in [-0.2, 0) is 27.8 Å². The maximum Gasteiger partial charge on any atom is 0.238 e. The Morgan fingerprint density at radius 2 is 1.85 bits per heavy atom. The van der Waals surface area contributed by atoms with Crippen LogP contribution < -0.4 is 5.14 Å². The van der Waals surface area contributed by atoms with E-state index in [0.717, 1.165) is 16.7 Å². The van der Waals surface area contributed by atoms with E-state index in [-0.39, 0.29) is 16.7 Å². The molecule has 138 valence electrons. The van der Waals surface area contributed by atoms with Crippen LogP contribution in [0.4, 0.5) is 0 Å². The number of nitrogens with zero attached hydrogens (tertiary/aromatic N) is 1. The Hall–Kier alpha value is -1.60. The molecule has 0 aliphatic carbocycles. The van der Waals surface area contributed by atoms with E-state index in [1.807, 2.05) is 6.92 Å². The van der Waals surface area contributed by atoms with Crippen molar-refractivity contribution in [3.05, 3.63) is 63.1 Å². The predicted molar refractivity (Wildman–Crippen MR) is 102 cm³/mol. The Morgan fingerprint density at radius 1 is 1.12 bits per heavy atom. The Balaban J connectivity index is 1.83. The molecule has 8 heteroatoms. The smallest absolute Gasteiger partial charge is 0.238 e. The highest BCUT2D eigenvalue weighted by atomic mass is 35.5. The number of amides is 1. The third-order valence-corrected chi connectivity index (χ3v) is 6.29. The molecule has 0 bridgehead atoms. The molecule has 2 aromatic rings. The Bertz CT molecular complexity index is 976. The highest BCUT2D eigenvalue weighted by Gasteiger charge is 2.26. The van der Waals surface area contributed by atoms with Crippen molar-refractivity contribution < 1.29 is 13.2 Å². The number of carbonyl (C=O) groups excluding carboxylic acids is 1. The van der Waals surface area contributed by atoms with Crippen LogP contribution in [0.2, 0.25) is 10.0 Å². The number of benzene rings is 2. The minimum Gasteiger partial charge on any atom is -0.338 e. The van der Waals surface area contributed by atoms with E-state index in [4.69, 9.17) is 28.3 Å². The van der Waals surface area contributed by atoms with E-state index >= 15 is 0 Å². The van der Waals surface area contributed by atoms with Crippen LogP contribution in [0.3, 0.4) is 0 Å². The number of carbonyl (C=O) groups is 1. The van der Waals surface area contributed by atoms with Gasteiger partial charge in [0.05, 0.1) is 20.9 Å². The fourth-order valence-electron chi connectivity index (χ4n) is 3.10. The van der Waals surface area contributed by atoms with Crippen molar-refractivity contribution in [2.24, 2.45) is 5.14 Å². The van der Waals surface area contributed by atoms with E-state index < -0.39 is 10.0 Å². The molecule has 5 nitrogen and oxygen atoms in total. The molecule has 0 saturated carbocycles. The molecule has 0 saturated heterocycles. The van der Waals surface area contributed by atoms with Crippen molar-refractivity contribution >= 4 is 39.1 Å². The zero-order valence-corrected chi connectivity index (χ0v) is 16.4. The van der Waals surface area contributed by atoms with Gasteiger partial charge in [0.1, 0.15) is 0 Å². The van der Waals surface area contributed by atoms with Crippen molar-refractivity contribution in [3.8, 4) is 0 Å². The monoisotopic (exact) mass is 412 g/mol. The second-order valence-corrected chi connectivity index (χ2v) is 8.76. The van der Waals surface area contributed by atoms with Crippen LogP contribution in [0.25, 0.3) is 0 Å². The average Bonchev–Trinajstić information content (AvgIpc) is 2.61. The molecule has 0 spiro atoms. The van der Waals surface area contributed by atoms with Crippen LogP contribution in [0, 0.1) is 0 Å². The van der Waals surface area contributed by atoms with Gasteiger partial charge >= 0.3 is 0 Å². The summed E-state index contributed by atoms with van der Waals surface area (Å²) in [4.78, 5) is 14.7. The van der Waals surface area contributed by atoms with Crippen LogP contribution in [0.5, 0.6) is 0 Å². The first-order chi connectivity index (χ1) is 12.2. The van der Waals surface area contributed by atoms with Crippen molar-refractivity contribution in [2.45, 2.75) is 30.7 Å². The van der Waals surface area contributed by atoms with Gasteiger partial charge in [0, 0.05) is 13.1 Å². The zero-order valence-electron chi connectivity index (χ0n) is 14.1. The summed E-state index contributed by atoms with van der Waals surface area (Å²) in [6, 6.07) is 9.97. The highest BCUT2D eigenvalue weighted by molar-refractivity contribution is 7.89. The number of sulfonamides is 1. The van der Waals surface area contributed by atoms with E-state index in [1.165, 1.54) is 6.07 Å². The molecule has 26 heavy (non-hydrogen) atoms. The quantitative estimate of drug-likeness (QED) is 0.838. The van der Waals surface area contributed by atoms with Gasteiger partial charge in [-0.05, 0) is 54.3 Å². The van der Waals surface area contributed by atoms with Crippen LogP contribution in [-0.4, -0.2) is 25.8 Å². The Kier molecular flexibility index (Phi) is 5.30. The summed E-state index contributed by atoms with van der Waals surface area (Å²) in [5.41, 5.74) is 2.62. The molecule has 1 aliphatic rings. The summed E-state index contributed by atoms with van der Waals surface area (Å²) < 4.78 is 23.1. The van der Waals surface area contributed by atoms with Crippen molar-refractivity contribution in [2.75, 3.05) is 6.54 Å². The van der Waals surface area contributed by atoms with Gasteiger partial charge in [-0.3, -0.25) is 4.79 Å². The number of hydrogen-bond acceptors (Lipinski definition) is 3. The fraction of sp³-hybridized carbons (Fsp3) is 0.278. The number of rotatable bonds is 3. The zero-order chi connectivity index (χ0) is 19.1. The lowest BCUT2D eigenvalue weighted by Crippen LogP contribution is -2.38. The normalized spacial score (nSPS) is 15.5.